The maximum absolute atomic E-state index is 13.1. The Bertz CT molecular complexity index is 692. The SMILES string of the molecule is CN(C)c1c(SF)ccc2c(S(=O)NCC=O)cccc12. The van der Waals surface area contributed by atoms with Crippen molar-refractivity contribution in [3.63, 3.8) is 0 Å². The first-order chi connectivity index (χ1) is 10.1. The summed E-state index contributed by atoms with van der Waals surface area (Å²) >= 11 is 0.187. The first kappa shape index (κ1) is 15.9. The normalized spacial score (nSPS) is 12.3. The van der Waals surface area contributed by atoms with E-state index in [2.05, 4.69) is 4.72 Å². The van der Waals surface area contributed by atoms with Crippen molar-refractivity contribution >= 4 is 45.9 Å². The molecule has 1 unspecified atom stereocenters. The number of halogens is 1. The molecule has 0 aliphatic rings. The van der Waals surface area contributed by atoms with Crippen molar-refractivity contribution in [2.45, 2.75) is 9.79 Å². The van der Waals surface area contributed by atoms with Crippen molar-refractivity contribution in [2.75, 3.05) is 25.5 Å². The van der Waals surface area contributed by atoms with E-state index in [1.807, 2.05) is 25.1 Å². The van der Waals surface area contributed by atoms with Gasteiger partial charge in [0.25, 0.3) is 0 Å². The van der Waals surface area contributed by atoms with E-state index >= 15 is 0 Å². The molecule has 0 aliphatic carbocycles. The third kappa shape index (κ3) is 3.25. The number of carbonyl (C=O) groups is 1. The smallest absolute Gasteiger partial charge is 0.134 e. The number of rotatable bonds is 6. The highest BCUT2D eigenvalue weighted by molar-refractivity contribution is 7.94. The van der Waals surface area contributed by atoms with Crippen LogP contribution in [0.25, 0.3) is 10.8 Å². The lowest BCUT2D eigenvalue weighted by molar-refractivity contribution is -0.106. The fraction of sp³-hybridized carbons (Fsp3) is 0.214. The predicted molar refractivity (Wildman–Crippen MR) is 85.7 cm³/mol. The predicted octanol–water partition coefficient (Wildman–Crippen LogP) is 2.69. The summed E-state index contributed by atoms with van der Waals surface area (Å²) in [6.07, 6.45) is 0.659. The van der Waals surface area contributed by atoms with Gasteiger partial charge in [-0.2, -0.15) is 3.89 Å². The molecular formula is C14H15FN2O2S2. The van der Waals surface area contributed by atoms with Gasteiger partial charge in [-0.05, 0) is 12.1 Å². The number of anilines is 1. The van der Waals surface area contributed by atoms with Crippen molar-refractivity contribution in [2.24, 2.45) is 0 Å². The van der Waals surface area contributed by atoms with Gasteiger partial charge >= 0.3 is 0 Å². The highest BCUT2D eigenvalue weighted by atomic mass is 32.2. The van der Waals surface area contributed by atoms with Crippen LogP contribution in [0, 0.1) is 0 Å². The molecule has 0 saturated carbocycles. The molecule has 7 heteroatoms. The molecular weight excluding hydrogens is 311 g/mol. The molecule has 0 radical (unpaired) electrons. The van der Waals surface area contributed by atoms with E-state index in [0.29, 0.717) is 16.1 Å². The zero-order chi connectivity index (χ0) is 15.4. The molecule has 2 aromatic rings. The van der Waals surface area contributed by atoms with Gasteiger partial charge < -0.3 is 9.69 Å². The Morgan fingerprint density at radius 1 is 1.29 bits per heavy atom. The van der Waals surface area contributed by atoms with E-state index < -0.39 is 11.0 Å². The molecule has 112 valence electrons. The van der Waals surface area contributed by atoms with Crippen molar-refractivity contribution in [1.29, 1.82) is 0 Å². The second-order valence-corrected chi connectivity index (χ2v) is 6.38. The lowest BCUT2D eigenvalue weighted by atomic mass is 10.1. The minimum Gasteiger partial charge on any atom is -0.376 e. The van der Waals surface area contributed by atoms with Gasteiger partial charge in [-0.25, -0.2) is 8.93 Å². The Morgan fingerprint density at radius 3 is 2.67 bits per heavy atom. The Kier molecular flexibility index (Phi) is 5.33. The topological polar surface area (TPSA) is 49.4 Å². The van der Waals surface area contributed by atoms with Gasteiger partial charge in [0, 0.05) is 24.9 Å². The fourth-order valence-corrected chi connectivity index (χ4v) is 3.61. The lowest BCUT2D eigenvalue weighted by Crippen LogP contribution is -2.19. The number of carbonyl (C=O) groups excluding carboxylic acids is 1. The van der Waals surface area contributed by atoms with Crippen LogP contribution in [-0.4, -0.2) is 31.1 Å². The molecule has 0 aliphatic heterocycles. The number of benzene rings is 2. The van der Waals surface area contributed by atoms with Crippen LogP contribution in [0.1, 0.15) is 0 Å². The van der Waals surface area contributed by atoms with Crippen LogP contribution in [-0.2, 0) is 15.8 Å². The quantitative estimate of drug-likeness (QED) is 0.829. The molecule has 2 aromatic carbocycles. The third-order valence-electron chi connectivity index (χ3n) is 2.98. The van der Waals surface area contributed by atoms with Gasteiger partial charge in [-0.1, -0.05) is 18.2 Å². The van der Waals surface area contributed by atoms with Gasteiger partial charge in [0.1, 0.15) is 17.3 Å². The van der Waals surface area contributed by atoms with Gasteiger partial charge in [0.2, 0.25) is 0 Å². The highest BCUT2D eigenvalue weighted by Crippen LogP contribution is 2.38. The van der Waals surface area contributed by atoms with Crippen molar-refractivity contribution in [3.8, 4) is 0 Å². The van der Waals surface area contributed by atoms with E-state index in [1.165, 1.54) is 0 Å². The molecule has 0 fully saturated rings. The first-order valence-electron chi connectivity index (χ1n) is 6.20. The van der Waals surface area contributed by atoms with E-state index in [9.17, 15) is 12.9 Å². The van der Waals surface area contributed by atoms with Crippen LogP contribution in [0.4, 0.5) is 9.57 Å². The largest absolute Gasteiger partial charge is 0.376 e. The average molecular weight is 326 g/mol. The minimum absolute atomic E-state index is 0.0158. The van der Waals surface area contributed by atoms with Crippen LogP contribution in [0.2, 0.25) is 0 Å². The Morgan fingerprint density at radius 2 is 2.05 bits per heavy atom. The van der Waals surface area contributed by atoms with Crippen LogP contribution in [0.5, 0.6) is 0 Å². The van der Waals surface area contributed by atoms with Gasteiger partial charge in [-0.3, -0.25) is 0 Å². The summed E-state index contributed by atoms with van der Waals surface area (Å²) in [6, 6.07) is 8.80. The lowest BCUT2D eigenvalue weighted by Gasteiger charge is -2.19. The molecule has 1 N–H and O–H groups in total. The van der Waals surface area contributed by atoms with Gasteiger partial charge in [-0.15, -0.1) is 0 Å². The van der Waals surface area contributed by atoms with Crippen molar-refractivity contribution in [3.05, 3.63) is 30.3 Å². The van der Waals surface area contributed by atoms with Crippen LogP contribution < -0.4 is 9.62 Å². The molecule has 0 spiro atoms. The highest BCUT2D eigenvalue weighted by Gasteiger charge is 2.15. The third-order valence-corrected chi connectivity index (χ3v) is 4.66. The van der Waals surface area contributed by atoms with Crippen molar-refractivity contribution in [1.82, 2.24) is 4.72 Å². The number of aldehydes is 1. The van der Waals surface area contributed by atoms with Crippen LogP contribution in [0.15, 0.2) is 40.1 Å². The van der Waals surface area contributed by atoms with Gasteiger partial charge in [0.05, 0.1) is 34.2 Å². The average Bonchev–Trinajstić information content (AvgIpc) is 2.50. The Labute approximate surface area is 129 Å². The van der Waals surface area contributed by atoms with E-state index in [1.54, 1.807) is 24.3 Å². The summed E-state index contributed by atoms with van der Waals surface area (Å²) in [5.74, 6) is 0. The summed E-state index contributed by atoms with van der Waals surface area (Å²) in [5, 5.41) is 1.59. The zero-order valence-corrected chi connectivity index (χ0v) is 13.3. The summed E-state index contributed by atoms with van der Waals surface area (Å²) in [5.41, 5.74) is 0.745. The first-order valence-corrected chi connectivity index (χ1v) is 8.07. The molecule has 0 aromatic heterocycles. The summed E-state index contributed by atoms with van der Waals surface area (Å²) < 4.78 is 27.9. The van der Waals surface area contributed by atoms with Gasteiger partial charge in [0.15, 0.2) is 0 Å². The Hall–Kier alpha value is -1.44. The molecule has 0 amide bonds. The standard InChI is InChI=1S/C14H15FN2O2S2/c1-17(2)14-11-4-3-5-13(21(19)16-8-9-18)10(11)6-7-12(14)20-15/h3-7,9,16H,8H2,1-2H3. The fourth-order valence-electron chi connectivity index (χ4n) is 2.17. The van der Waals surface area contributed by atoms with Crippen LogP contribution in [0.3, 0.4) is 0 Å². The second-order valence-electron chi connectivity index (χ2n) is 4.52. The number of hydrogen-bond acceptors (Lipinski definition) is 4. The molecule has 21 heavy (non-hydrogen) atoms. The second kappa shape index (κ2) is 7.02. The van der Waals surface area contributed by atoms with E-state index in [-0.39, 0.29) is 18.7 Å². The minimum atomic E-state index is -1.49. The summed E-state index contributed by atoms with van der Waals surface area (Å²) in [6.45, 7) is 0.0158. The van der Waals surface area contributed by atoms with Crippen molar-refractivity contribution < 1.29 is 12.9 Å². The van der Waals surface area contributed by atoms with E-state index in [4.69, 9.17) is 0 Å². The maximum atomic E-state index is 13.1. The van der Waals surface area contributed by atoms with Crippen LogP contribution >= 0.6 is 12.1 Å². The molecule has 1 atom stereocenters. The van der Waals surface area contributed by atoms with E-state index in [0.717, 1.165) is 16.5 Å². The zero-order valence-electron chi connectivity index (χ0n) is 11.6. The summed E-state index contributed by atoms with van der Waals surface area (Å²) in [4.78, 5) is 13.3. The maximum Gasteiger partial charge on any atom is 0.134 e. The molecule has 4 nitrogen and oxygen atoms in total. The number of fused-ring (bicyclic) bond motifs is 1. The number of nitrogens with zero attached hydrogens (tertiary/aromatic N) is 1. The Balaban J connectivity index is 2.63. The molecule has 0 bridgehead atoms. The monoisotopic (exact) mass is 326 g/mol. The molecule has 0 heterocycles. The number of hydrogen-bond donors (Lipinski definition) is 1. The molecule has 0 saturated heterocycles. The molecule has 2 rings (SSSR count). The summed E-state index contributed by atoms with van der Waals surface area (Å²) in [7, 11) is 2.18. The number of nitrogens with one attached hydrogen (secondary N) is 1.